The maximum absolute atomic E-state index is 8.68. The minimum absolute atomic E-state index is 0. The highest BCUT2D eigenvalue weighted by Crippen LogP contribution is 1.14. The first kappa shape index (κ1) is 65.3. The first-order chi connectivity index (χ1) is 2.73. The second-order valence-electron chi connectivity index (χ2n) is 0.201. The van der Waals surface area contributed by atoms with Crippen molar-refractivity contribution in [2.45, 2.75) is 13.8 Å². The maximum Gasteiger partial charge on any atom is 0.503 e. The monoisotopic (exact) mass is 306 g/mol. The molecule has 0 aliphatic rings. The summed E-state index contributed by atoms with van der Waals surface area (Å²) in [5.41, 5.74) is 0. The lowest BCUT2D eigenvalue weighted by atomic mass is 11.0. The molecule has 0 heterocycles. The molecule has 0 aliphatic heterocycles. The van der Waals surface area contributed by atoms with Gasteiger partial charge in [0.2, 0.25) is 0 Å². The molecule has 0 fully saturated rings. The molecule has 0 saturated carbocycles. The molecule has 0 aromatic carbocycles. The van der Waals surface area contributed by atoms with Crippen LogP contribution in [0.25, 0.3) is 0 Å². The molecule has 0 amide bonds. The summed E-state index contributed by atoms with van der Waals surface area (Å²) in [6.07, 6.45) is 0. The van der Waals surface area contributed by atoms with Crippen LogP contribution in [0.5, 0.6) is 0 Å². The third-order valence-corrected chi connectivity index (χ3v) is 0. The van der Waals surface area contributed by atoms with Gasteiger partial charge in [0.1, 0.15) is 0 Å². The van der Waals surface area contributed by atoms with Gasteiger partial charge >= 0.3 is 21.1 Å². The highest BCUT2D eigenvalue weighted by Gasteiger charge is 1.89. The van der Waals surface area contributed by atoms with Gasteiger partial charge in [0.15, 0.2) is 0 Å². The van der Waals surface area contributed by atoms with Gasteiger partial charge in [-0.3, -0.25) is 23.5 Å². The van der Waals surface area contributed by atoms with Crippen LogP contribution in [-0.2, 0) is 0 Å². The van der Waals surface area contributed by atoms with Crippen molar-refractivity contribution in [3.63, 3.8) is 0 Å². The van der Waals surface area contributed by atoms with Gasteiger partial charge in [-0.1, -0.05) is 13.8 Å². The normalized spacial score (nSPS) is 3.82. The molecular weight excluding hydrogens is 294 g/mol. The third-order valence-electron chi connectivity index (χ3n) is 0. The van der Waals surface area contributed by atoms with E-state index in [1.54, 1.807) is 0 Å². The van der Waals surface area contributed by atoms with Crippen molar-refractivity contribution in [1.29, 1.82) is 0 Å². The second kappa shape index (κ2) is 82.8. The van der Waals surface area contributed by atoms with E-state index in [1.807, 2.05) is 13.8 Å². The van der Waals surface area contributed by atoms with Crippen LogP contribution in [0.1, 0.15) is 13.8 Å². The van der Waals surface area contributed by atoms with Gasteiger partial charge in [0.25, 0.3) is 0 Å². The quantitative estimate of drug-likeness (QED) is 0.365. The standard InChI is InChI=1S/C2H6.5FH.HIO3/c1-2;;;;;;2-1(3)4/h1-2H3;5*1H;2H. The molecule has 0 radical (unpaired) electrons. The molecule has 0 aliphatic carbocycles. The fourth-order valence-electron chi connectivity index (χ4n) is 0. The van der Waals surface area contributed by atoms with Crippen LogP contribution in [0, 0.1) is 0 Å². The van der Waals surface area contributed by atoms with Gasteiger partial charge in [-0.2, -0.15) is 0 Å². The third kappa shape index (κ3) is 10400. The van der Waals surface area contributed by atoms with Crippen molar-refractivity contribution in [2.75, 3.05) is 0 Å². The van der Waals surface area contributed by atoms with Crippen molar-refractivity contribution in [3.8, 4) is 0 Å². The molecule has 0 atom stereocenters. The molecule has 80 valence electrons. The zero-order chi connectivity index (χ0) is 5.58. The Kier molecular flexibility index (Phi) is 492. The van der Waals surface area contributed by atoms with E-state index in [0.29, 0.717) is 0 Å². The van der Waals surface area contributed by atoms with E-state index in [2.05, 4.69) is 0 Å². The summed E-state index contributed by atoms with van der Waals surface area (Å²) in [5, 5.41) is 0. The van der Waals surface area contributed by atoms with Crippen molar-refractivity contribution >= 4 is 0 Å². The highest BCUT2D eigenvalue weighted by molar-refractivity contribution is 3.50. The Bertz CT molecular complexity index is 24.4. The summed E-state index contributed by atoms with van der Waals surface area (Å²) in [6.45, 7) is 4.00. The number of hydrogen-bond acceptors (Lipinski definition) is 3. The molecule has 9 heteroatoms. The topological polar surface area (TPSA) is 66.3 Å². The molecule has 0 aromatic rings. The predicted molar refractivity (Wildman–Crippen MR) is 26.1 cm³/mol. The van der Waals surface area contributed by atoms with Crippen molar-refractivity contribution in [2.24, 2.45) is 0 Å². The molecule has 0 aromatic heterocycles. The zero-order valence-corrected chi connectivity index (χ0v) is 7.84. The smallest absolute Gasteiger partial charge is 0.396 e. The van der Waals surface area contributed by atoms with Gasteiger partial charge in [-0.15, -0.1) is 0 Å². The predicted octanol–water partition coefficient (Wildman–Crippen LogP) is -4.14. The molecule has 11 heavy (non-hydrogen) atoms. The van der Waals surface area contributed by atoms with E-state index in [0.717, 1.165) is 0 Å². The summed E-state index contributed by atoms with van der Waals surface area (Å²) in [4.78, 5) is 0. The van der Waals surface area contributed by atoms with E-state index >= 15 is 0 Å². The van der Waals surface area contributed by atoms with Crippen molar-refractivity contribution in [3.05, 3.63) is 0 Å². The average Bonchev–Trinajstić information content (AvgIpc) is 1.41. The van der Waals surface area contributed by atoms with Crippen LogP contribution >= 0.6 is 0 Å². The Balaban J connectivity index is -0.00000000432. The van der Waals surface area contributed by atoms with Gasteiger partial charge in [0, 0.05) is 0 Å². The summed E-state index contributed by atoms with van der Waals surface area (Å²) in [5.74, 6) is 0. The number of rotatable bonds is 0. The zero-order valence-electron chi connectivity index (χ0n) is 5.68. The Morgan fingerprint density at radius 2 is 0.818 bits per heavy atom. The molecule has 0 spiro atoms. The number of halogens is 6. The Hall–Kier alpha value is 0.260. The SMILES string of the molecule is CC.F.F.F.F.F.[O-][I+2]([O-])O. The Labute approximate surface area is 69.3 Å². The highest BCUT2D eigenvalue weighted by atomic mass is 127. The fraction of sp³-hybridized carbons (Fsp3) is 1.00. The van der Waals surface area contributed by atoms with E-state index in [-0.39, 0.29) is 23.5 Å². The van der Waals surface area contributed by atoms with Crippen LogP contribution in [0.2, 0.25) is 0 Å². The second-order valence-corrected chi connectivity index (χ2v) is 1.35. The van der Waals surface area contributed by atoms with Crippen molar-refractivity contribution in [1.82, 2.24) is 0 Å². The first-order valence-corrected chi connectivity index (χ1v) is 4.20. The van der Waals surface area contributed by atoms with E-state index in [1.165, 1.54) is 0 Å². The van der Waals surface area contributed by atoms with Crippen LogP contribution < -0.4 is 27.9 Å². The van der Waals surface area contributed by atoms with Gasteiger partial charge in [-0.25, -0.2) is 0 Å². The first-order valence-electron chi connectivity index (χ1n) is 1.48. The largest absolute Gasteiger partial charge is 0.503 e. The van der Waals surface area contributed by atoms with Gasteiger partial charge in [-0.05, 0) is 3.44 Å². The van der Waals surface area contributed by atoms with Crippen LogP contribution in [0.4, 0.5) is 23.5 Å². The fourth-order valence-corrected chi connectivity index (χ4v) is 0. The van der Waals surface area contributed by atoms with Crippen LogP contribution in [-0.4, -0.2) is 3.44 Å². The molecule has 0 rings (SSSR count). The van der Waals surface area contributed by atoms with Crippen LogP contribution in [0.15, 0.2) is 0 Å². The Morgan fingerprint density at radius 1 is 0.818 bits per heavy atom. The van der Waals surface area contributed by atoms with Crippen LogP contribution in [0.3, 0.4) is 0 Å². The minimum Gasteiger partial charge on any atom is -0.396 e. The summed E-state index contributed by atoms with van der Waals surface area (Å²) >= 11 is -3.76. The van der Waals surface area contributed by atoms with Crippen molar-refractivity contribution < 1.29 is 54.9 Å². The average molecular weight is 306 g/mol. The summed E-state index contributed by atoms with van der Waals surface area (Å²) < 4.78 is 24.5. The van der Waals surface area contributed by atoms with E-state index in [4.69, 9.17) is 10.3 Å². The van der Waals surface area contributed by atoms with E-state index < -0.39 is 21.1 Å². The summed E-state index contributed by atoms with van der Waals surface area (Å²) in [7, 11) is 0. The maximum atomic E-state index is 8.68. The van der Waals surface area contributed by atoms with Gasteiger partial charge in [0.05, 0.1) is 0 Å². The molecule has 3 nitrogen and oxygen atoms in total. The van der Waals surface area contributed by atoms with Gasteiger partial charge < -0.3 is 6.87 Å². The summed E-state index contributed by atoms with van der Waals surface area (Å²) in [6, 6.07) is 0. The molecule has 0 unspecified atom stereocenters. The molecular formula is C2H12F5IO3. The molecule has 0 bridgehead atoms. The molecule has 0 saturated heterocycles. The molecule has 1 N–H and O–H groups in total. The lowest BCUT2D eigenvalue weighted by molar-refractivity contribution is -1.63. The minimum atomic E-state index is -3.76. The Morgan fingerprint density at radius 3 is 0.818 bits per heavy atom. The lowest BCUT2D eigenvalue weighted by Crippen LogP contribution is -3.98. The number of hydrogen-bond donors (Lipinski definition) is 1. The lowest BCUT2D eigenvalue weighted by Gasteiger charge is -1.67. The van der Waals surface area contributed by atoms with E-state index in [9.17, 15) is 0 Å².